The van der Waals surface area contributed by atoms with Crippen molar-refractivity contribution in [3.05, 3.63) is 18.5 Å². The molecule has 0 bridgehead atoms. The van der Waals surface area contributed by atoms with E-state index in [0.29, 0.717) is 0 Å². The molecule has 2 fully saturated rings. The molecule has 2 heterocycles. The molecule has 8 heteroatoms. The van der Waals surface area contributed by atoms with Crippen LogP contribution in [0.1, 0.15) is 13.3 Å². The zero-order valence-corrected chi connectivity index (χ0v) is 11.6. The van der Waals surface area contributed by atoms with Crippen LogP contribution in [0.3, 0.4) is 0 Å². The summed E-state index contributed by atoms with van der Waals surface area (Å²) >= 11 is 0. The summed E-state index contributed by atoms with van der Waals surface area (Å²) in [6, 6.07) is 1.64. The fourth-order valence-electron chi connectivity index (χ4n) is 3.43. The average molecular weight is 298 g/mol. The molecule has 1 unspecified atom stereocenters. The van der Waals surface area contributed by atoms with Crippen LogP contribution >= 0.6 is 0 Å². The predicted molar refractivity (Wildman–Crippen MR) is 67.6 cm³/mol. The number of sulfone groups is 1. The second kappa shape index (κ2) is 3.91. The number of hydrogen-bond donors (Lipinski definition) is 1. The number of carbonyl (C=O) groups is 2. The van der Waals surface area contributed by atoms with E-state index in [1.54, 1.807) is 12.3 Å². The number of hydrogen-bond acceptors (Lipinski definition) is 5. The minimum Gasteiger partial charge on any atom is -0.481 e. The quantitative estimate of drug-likeness (QED) is 0.823. The highest BCUT2D eigenvalue weighted by molar-refractivity contribution is 7.94. The van der Waals surface area contributed by atoms with Crippen molar-refractivity contribution >= 4 is 21.6 Å². The lowest BCUT2D eigenvalue weighted by Gasteiger charge is -2.29. The molecule has 1 saturated carbocycles. The van der Waals surface area contributed by atoms with E-state index in [4.69, 9.17) is 0 Å². The van der Waals surface area contributed by atoms with E-state index in [0.717, 1.165) is 0 Å². The number of carbonyl (C=O) groups excluding carboxylic acids is 1. The minimum absolute atomic E-state index is 0.0560. The highest BCUT2D eigenvalue weighted by Crippen LogP contribution is 2.53. The number of Topliss-reactive ketones (excluding diaryl/α,β-unsaturated/α-hetero) is 1. The predicted octanol–water partition coefficient (Wildman–Crippen LogP) is -0.271. The Hall–Kier alpha value is -1.70. The van der Waals surface area contributed by atoms with E-state index in [-0.39, 0.29) is 18.7 Å². The third-order valence-corrected chi connectivity index (χ3v) is 7.48. The van der Waals surface area contributed by atoms with Gasteiger partial charge in [-0.2, -0.15) is 5.10 Å². The molecule has 1 aliphatic carbocycles. The van der Waals surface area contributed by atoms with Gasteiger partial charge in [0.05, 0.1) is 17.7 Å². The molecule has 1 aliphatic heterocycles. The summed E-state index contributed by atoms with van der Waals surface area (Å²) in [6.07, 6.45) is 3.02. The van der Waals surface area contributed by atoms with E-state index < -0.39 is 37.6 Å². The van der Waals surface area contributed by atoms with Crippen molar-refractivity contribution in [2.24, 2.45) is 11.8 Å². The normalized spacial score (nSPS) is 38.2. The van der Waals surface area contributed by atoms with Gasteiger partial charge in [-0.1, -0.05) is 0 Å². The molecule has 1 aromatic rings. The fraction of sp³-hybridized carbons (Fsp3) is 0.583. The zero-order chi connectivity index (χ0) is 14.7. The van der Waals surface area contributed by atoms with Crippen molar-refractivity contribution < 1.29 is 23.1 Å². The van der Waals surface area contributed by atoms with E-state index in [1.165, 1.54) is 17.8 Å². The Labute approximate surface area is 115 Å². The Morgan fingerprint density at radius 1 is 1.60 bits per heavy atom. The zero-order valence-electron chi connectivity index (χ0n) is 10.8. The maximum Gasteiger partial charge on any atom is 0.308 e. The number of aromatic nitrogens is 2. The first-order valence-corrected chi connectivity index (χ1v) is 7.80. The van der Waals surface area contributed by atoms with Gasteiger partial charge in [0, 0.05) is 24.7 Å². The van der Waals surface area contributed by atoms with Crippen LogP contribution in [0.5, 0.6) is 0 Å². The van der Waals surface area contributed by atoms with Gasteiger partial charge in [0.25, 0.3) is 0 Å². The molecule has 108 valence electrons. The first-order valence-electron chi connectivity index (χ1n) is 6.25. The summed E-state index contributed by atoms with van der Waals surface area (Å²) < 4.78 is 25.1. The van der Waals surface area contributed by atoms with Crippen LogP contribution in [-0.4, -0.2) is 45.1 Å². The monoisotopic (exact) mass is 298 g/mol. The number of carboxylic acids is 1. The van der Waals surface area contributed by atoms with Crippen molar-refractivity contribution in [1.82, 2.24) is 9.78 Å². The lowest BCUT2D eigenvalue weighted by atomic mass is 9.70. The third kappa shape index (κ3) is 1.45. The average Bonchev–Trinajstić information content (AvgIpc) is 2.87. The topological polar surface area (TPSA) is 106 Å². The molecule has 0 aromatic carbocycles. The first kappa shape index (κ1) is 13.3. The molecular weight excluding hydrogens is 284 g/mol. The van der Waals surface area contributed by atoms with Crippen molar-refractivity contribution in [2.45, 2.75) is 29.9 Å². The second-order valence-electron chi connectivity index (χ2n) is 5.61. The second-order valence-corrected chi connectivity index (χ2v) is 8.24. The Morgan fingerprint density at radius 2 is 2.30 bits per heavy atom. The summed E-state index contributed by atoms with van der Waals surface area (Å²) in [5, 5.41) is 12.5. The van der Waals surface area contributed by atoms with Crippen molar-refractivity contribution in [3.8, 4) is 0 Å². The number of nitrogens with zero attached hydrogens (tertiary/aromatic N) is 2. The van der Waals surface area contributed by atoms with Crippen LogP contribution in [0.2, 0.25) is 0 Å². The first-order chi connectivity index (χ1) is 9.29. The summed E-state index contributed by atoms with van der Waals surface area (Å²) in [6.45, 7) is 1.36. The largest absolute Gasteiger partial charge is 0.481 e. The highest BCUT2D eigenvalue weighted by atomic mass is 32.2. The molecular formula is C12H14N2O5S. The molecule has 7 nitrogen and oxygen atoms in total. The Kier molecular flexibility index (Phi) is 2.60. The maximum absolute atomic E-state index is 12.6. The third-order valence-electron chi connectivity index (χ3n) is 4.54. The molecule has 1 saturated heterocycles. The Morgan fingerprint density at radius 3 is 2.80 bits per heavy atom. The standard InChI is InChI=1S/C12H14N2O5S/c1-12(6-14-4-2-3-13-14)10(11(16)17)9-7(15)5-8(9)20(12,18)19/h2-4,8-10H,5-6H2,1H3,(H,16,17)/t8-,9?,10+,12+/m1/s1. The lowest BCUT2D eigenvalue weighted by molar-refractivity contribution is -0.150. The van der Waals surface area contributed by atoms with E-state index >= 15 is 0 Å². The molecule has 1 aromatic heterocycles. The number of carboxylic acid groups (broad SMARTS) is 1. The minimum atomic E-state index is -3.69. The van der Waals surface area contributed by atoms with Crippen molar-refractivity contribution in [1.29, 1.82) is 0 Å². The Balaban J connectivity index is 2.10. The summed E-state index contributed by atoms with van der Waals surface area (Å²) in [4.78, 5) is 23.2. The van der Waals surface area contributed by atoms with Gasteiger partial charge in [-0.3, -0.25) is 14.3 Å². The molecule has 0 amide bonds. The van der Waals surface area contributed by atoms with Crippen molar-refractivity contribution in [3.63, 3.8) is 0 Å². The van der Waals surface area contributed by atoms with Crippen LogP contribution < -0.4 is 0 Å². The van der Waals surface area contributed by atoms with Gasteiger partial charge in [-0.25, -0.2) is 8.42 Å². The van der Waals surface area contributed by atoms with E-state index in [1.807, 2.05) is 0 Å². The molecule has 0 radical (unpaired) electrons. The number of fused-ring (bicyclic) bond motifs is 1. The summed E-state index contributed by atoms with van der Waals surface area (Å²) in [7, 11) is -3.69. The van der Waals surface area contributed by atoms with Gasteiger partial charge in [0.1, 0.15) is 10.5 Å². The molecule has 0 spiro atoms. The van der Waals surface area contributed by atoms with Crippen LogP contribution in [0.15, 0.2) is 18.5 Å². The van der Waals surface area contributed by atoms with E-state index in [9.17, 15) is 23.1 Å². The SMILES string of the molecule is C[C@]1(Cn2cccn2)[C@H](C(=O)O)C2C(=O)C[C@H]2S1(=O)=O. The smallest absolute Gasteiger partial charge is 0.308 e. The maximum atomic E-state index is 12.6. The van der Waals surface area contributed by atoms with Crippen LogP contribution in [0.4, 0.5) is 0 Å². The van der Waals surface area contributed by atoms with Gasteiger partial charge in [0.2, 0.25) is 0 Å². The van der Waals surface area contributed by atoms with Gasteiger partial charge >= 0.3 is 5.97 Å². The number of rotatable bonds is 3. The Bertz CT molecular complexity index is 681. The number of aliphatic carboxylic acids is 1. The van der Waals surface area contributed by atoms with Crippen LogP contribution in [0, 0.1) is 11.8 Å². The van der Waals surface area contributed by atoms with Crippen LogP contribution in [-0.2, 0) is 26.0 Å². The number of ketones is 1. The van der Waals surface area contributed by atoms with Gasteiger partial charge in [-0.05, 0) is 13.0 Å². The molecule has 20 heavy (non-hydrogen) atoms. The van der Waals surface area contributed by atoms with Crippen molar-refractivity contribution in [2.75, 3.05) is 0 Å². The molecule has 4 atom stereocenters. The summed E-state index contributed by atoms with van der Waals surface area (Å²) in [5.41, 5.74) is 0. The van der Waals surface area contributed by atoms with Gasteiger partial charge in [0.15, 0.2) is 9.84 Å². The van der Waals surface area contributed by atoms with Gasteiger partial charge in [-0.15, -0.1) is 0 Å². The molecule has 1 N–H and O–H groups in total. The summed E-state index contributed by atoms with van der Waals surface area (Å²) in [5.74, 6) is -3.61. The van der Waals surface area contributed by atoms with Gasteiger partial charge < -0.3 is 5.11 Å². The lowest BCUT2D eigenvalue weighted by Crippen LogP contribution is -2.46. The molecule has 2 aliphatic rings. The molecule has 3 rings (SSSR count). The fourth-order valence-corrected chi connectivity index (χ4v) is 6.12. The van der Waals surface area contributed by atoms with Crippen LogP contribution in [0.25, 0.3) is 0 Å². The highest BCUT2D eigenvalue weighted by Gasteiger charge is 2.71. The van der Waals surface area contributed by atoms with E-state index in [2.05, 4.69) is 5.10 Å².